The Labute approximate surface area is 176 Å². The third kappa shape index (κ3) is 4.19. The van der Waals surface area contributed by atoms with Crippen LogP contribution >= 0.6 is 0 Å². The van der Waals surface area contributed by atoms with Gasteiger partial charge in [-0.2, -0.15) is 0 Å². The molecule has 30 heavy (non-hydrogen) atoms. The van der Waals surface area contributed by atoms with Crippen LogP contribution in [0.5, 0.6) is 0 Å². The van der Waals surface area contributed by atoms with Gasteiger partial charge >= 0.3 is 6.09 Å². The summed E-state index contributed by atoms with van der Waals surface area (Å²) in [5.74, 6) is -0.538. The van der Waals surface area contributed by atoms with E-state index in [1.54, 1.807) is 17.0 Å². The minimum atomic E-state index is -2.49. The first-order chi connectivity index (χ1) is 14.1. The van der Waals surface area contributed by atoms with E-state index in [1.165, 1.54) is 12.1 Å². The summed E-state index contributed by atoms with van der Waals surface area (Å²) in [7, 11) is 0. The second kappa shape index (κ2) is 7.75. The van der Waals surface area contributed by atoms with Crippen molar-refractivity contribution in [2.45, 2.75) is 76.7 Å². The molecule has 2 saturated heterocycles. The van der Waals surface area contributed by atoms with E-state index in [2.05, 4.69) is 13.8 Å². The number of ether oxygens (including phenoxy) is 3. The number of benzene rings is 1. The first-order valence-electron chi connectivity index (χ1n) is 10.8. The van der Waals surface area contributed by atoms with E-state index < -0.39 is 17.8 Å². The van der Waals surface area contributed by atoms with Crippen LogP contribution in [0.4, 0.5) is 13.6 Å². The van der Waals surface area contributed by atoms with Crippen LogP contribution in [0.3, 0.4) is 0 Å². The molecule has 1 saturated carbocycles. The minimum absolute atomic E-state index is 0.0159. The zero-order valence-corrected chi connectivity index (χ0v) is 18.0. The molecule has 7 heteroatoms. The summed E-state index contributed by atoms with van der Waals surface area (Å²) in [6, 6.07) is 5.92. The van der Waals surface area contributed by atoms with Crippen LogP contribution in [0.25, 0.3) is 0 Å². The molecular formula is C23H31F2NO4. The van der Waals surface area contributed by atoms with Gasteiger partial charge in [0, 0.05) is 36.8 Å². The van der Waals surface area contributed by atoms with Crippen LogP contribution in [0, 0.1) is 5.41 Å². The van der Waals surface area contributed by atoms with Crippen molar-refractivity contribution in [2.24, 2.45) is 5.41 Å². The van der Waals surface area contributed by atoms with Crippen LogP contribution in [0.1, 0.15) is 76.5 Å². The third-order valence-electron chi connectivity index (χ3n) is 6.86. The van der Waals surface area contributed by atoms with Gasteiger partial charge in [-0.25, -0.2) is 13.6 Å². The van der Waals surface area contributed by atoms with Gasteiger partial charge in [0.1, 0.15) is 5.60 Å². The van der Waals surface area contributed by atoms with E-state index in [0.717, 1.165) is 37.7 Å². The number of hydrogen-bond acceptors (Lipinski definition) is 4. The Kier molecular flexibility index (Phi) is 5.56. The zero-order chi connectivity index (χ0) is 21.6. The van der Waals surface area contributed by atoms with Gasteiger partial charge < -0.3 is 19.1 Å². The predicted molar refractivity (Wildman–Crippen MR) is 107 cm³/mol. The largest absolute Gasteiger partial charge is 0.443 e. The Morgan fingerprint density at radius 3 is 2.03 bits per heavy atom. The summed E-state index contributed by atoms with van der Waals surface area (Å²) in [4.78, 5) is 14.5. The van der Waals surface area contributed by atoms with Gasteiger partial charge in [-0.1, -0.05) is 38.1 Å². The summed E-state index contributed by atoms with van der Waals surface area (Å²) in [6.45, 7) is 8.09. The molecule has 0 radical (unpaired) electrons. The van der Waals surface area contributed by atoms with Gasteiger partial charge in [0.05, 0.1) is 19.3 Å². The fourth-order valence-electron chi connectivity index (χ4n) is 4.63. The molecule has 166 valence electrons. The highest BCUT2D eigenvalue weighted by molar-refractivity contribution is 5.70. The molecule has 1 aromatic rings. The molecular weight excluding hydrogens is 392 g/mol. The second-order valence-corrected chi connectivity index (χ2v) is 9.79. The number of halogens is 2. The second-order valence-electron chi connectivity index (χ2n) is 9.79. The van der Waals surface area contributed by atoms with Crippen LogP contribution in [0.15, 0.2) is 24.3 Å². The molecule has 1 atom stereocenters. The number of nitrogens with zero attached hydrogens (tertiary/aromatic N) is 1. The highest BCUT2D eigenvalue weighted by Gasteiger charge is 2.51. The lowest BCUT2D eigenvalue weighted by molar-refractivity contribution is -0.320. The van der Waals surface area contributed by atoms with Crippen LogP contribution in [-0.2, 0) is 14.2 Å². The predicted octanol–water partition coefficient (Wildman–Crippen LogP) is 5.61. The molecule has 0 aromatic heterocycles. The van der Waals surface area contributed by atoms with Crippen molar-refractivity contribution in [3.05, 3.63) is 35.4 Å². The fraction of sp³-hybridized carbons (Fsp3) is 0.696. The Morgan fingerprint density at radius 1 is 0.933 bits per heavy atom. The lowest BCUT2D eigenvalue weighted by atomic mass is 9.77. The summed E-state index contributed by atoms with van der Waals surface area (Å²) in [5.41, 5.74) is 0.374. The van der Waals surface area contributed by atoms with Gasteiger partial charge in [0.25, 0.3) is 6.43 Å². The quantitative estimate of drug-likeness (QED) is 0.634. The average Bonchev–Trinajstić information content (AvgIpc) is 2.72. The monoisotopic (exact) mass is 423 g/mol. The SMILES string of the molecule is CC(c1ccc(C(F)F)cc1)N1CCC2(CCC3(CC2)OCC(C)(C)CO3)OC1=O. The molecule has 0 N–H and O–H groups in total. The molecule has 2 aliphatic heterocycles. The summed E-state index contributed by atoms with van der Waals surface area (Å²) in [6.07, 6.45) is 0.817. The van der Waals surface area contributed by atoms with Crippen molar-refractivity contribution in [3.63, 3.8) is 0 Å². The summed E-state index contributed by atoms with van der Waals surface area (Å²) in [5, 5.41) is 0. The molecule has 0 bridgehead atoms. The van der Waals surface area contributed by atoms with E-state index in [1.807, 2.05) is 6.92 Å². The number of carbonyl (C=O) groups is 1. The van der Waals surface area contributed by atoms with Gasteiger partial charge in [-0.05, 0) is 25.3 Å². The van der Waals surface area contributed by atoms with E-state index in [0.29, 0.717) is 19.8 Å². The molecule has 1 aliphatic carbocycles. The molecule has 3 aliphatic rings. The van der Waals surface area contributed by atoms with Crippen molar-refractivity contribution < 1.29 is 27.8 Å². The topological polar surface area (TPSA) is 48.0 Å². The Hall–Kier alpha value is -1.73. The van der Waals surface area contributed by atoms with E-state index >= 15 is 0 Å². The molecule has 1 aromatic carbocycles. The molecule has 3 fully saturated rings. The maximum atomic E-state index is 12.8. The van der Waals surface area contributed by atoms with Gasteiger partial charge in [0.2, 0.25) is 0 Å². The van der Waals surface area contributed by atoms with Crippen LogP contribution in [-0.4, -0.2) is 42.1 Å². The van der Waals surface area contributed by atoms with Crippen LogP contribution < -0.4 is 0 Å². The molecule has 4 rings (SSSR count). The lowest BCUT2D eigenvalue weighted by Gasteiger charge is -2.51. The smallest absolute Gasteiger partial charge is 0.410 e. The molecule has 2 spiro atoms. The van der Waals surface area contributed by atoms with Crippen LogP contribution in [0.2, 0.25) is 0 Å². The Balaban J connectivity index is 1.36. The molecule has 5 nitrogen and oxygen atoms in total. The first kappa shape index (κ1) is 21.5. The molecule has 2 heterocycles. The van der Waals surface area contributed by atoms with E-state index in [9.17, 15) is 13.6 Å². The minimum Gasteiger partial charge on any atom is -0.443 e. The van der Waals surface area contributed by atoms with E-state index in [4.69, 9.17) is 14.2 Å². The normalized spacial score (nSPS) is 26.1. The lowest BCUT2D eigenvalue weighted by Crippen LogP contribution is -2.56. The average molecular weight is 424 g/mol. The van der Waals surface area contributed by atoms with Gasteiger partial charge in [-0.15, -0.1) is 0 Å². The number of amides is 1. The molecule has 1 unspecified atom stereocenters. The Bertz CT molecular complexity index is 760. The van der Waals surface area contributed by atoms with Gasteiger partial charge in [0.15, 0.2) is 5.79 Å². The maximum Gasteiger partial charge on any atom is 0.410 e. The third-order valence-corrected chi connectivity index (χ3v) is 6.86. The Morgan fingerprint density at radius 2 is 1.50 bits per heavy atom. The standard InChI is InChI=1S/C23H31F2NO4/c1-16(17-4-6-18(7-5-17)19(24)25)26-13-12-22(30-20(26)27)8-10-23(11-9-22)28-14-21(2,3)15-29-23/h4-7,16,19H,8-15H2,1-3H3. The number of rotatable bonds is 3. The number of hydrogen-bond donors (Lipinski definition) is 0. The van der Waals surface area contributed by atoms with Crippen molar-refractivity contribution in [2.75, 3.05) is 19.8 Å². The van der Waals surface area contributed by atoms with Gasteiger partial charge in [-0.3, -0.25) is 0 Å². The number of alkyl halides is 2. The first-order valence-corrected chi connectivity index (χ1v) is 10.8. The highest BCUT2D eigenvalue weighted by Crippen LogP contribution is 2.47. The number of carbonyl (C=O) groups excluding carboxylic acids is 1. The zero-order valence-electron chi connectivity index (χ0n) is 18.0. The summed E-state index contributed by atoms with van der Waals surface area (Å²) >= 11 is 0. The maximum absolute atomic E-state index is 12.8. The molecule has 1 amide bonds. The highest BCUT2D eigenvalue weighted by atomic mass is 19.3. The van der Waals surface area contributed by atoms with Crippen molar-refractivity contribution in [1.29, 1.82) is 0 Å². The van der Waals surface area contributed by atoms with Crippen molar-refractivity contribution in [3.8, 4) is 0 Å². The van der Waals surface area contributed by atoms with Crippen molar-refractivity contribution >= 4 is 6.09 Å². The summed E-state index contributed by atoms with van der Waals surface area (Å²) < 4.78 is 43.7. The van der Waals surface area contributed by atoms with Crippen molar-refractivity contribution in [1.82, 2.24) is 4.90 Å². The fourth-order valence-corrected chi connectivity index (χ4v) is 4.63. The van der Waals surface area contributed by atoms with E-state index in [-0.39, 0.29) is 23.1 Å².